The van der Waals surface area contributed by atoms with E-state index in [4.69, 9.17) is 30.8 Å². The van der Waals surface area contributed by atoms with Gasteiger partial charge in [-0.05, 0) is 94.5 Å². The molecule has 12 rings (SSSR count). The summed E-state index contributed by atoms with van der Waals surface area (Å²) in [7, 11) is 0. The summed E-state index contributed by atoms with van der Waals surface area (Å²) >= 11 is 6.30. The highest BCUT2D eigenvalue weighted by atomic mass is 35.5. The van der Waals surface area contributed by atoms with Crippen LogP contribution in [0.5, 0.6) is 5.75 Å². The molecule has 0 unspecified atom stereocenters. The minimum Gasteiger partial charge on any atom is -0.406 e. The Morgan fingerprint density at radius 3 is 1.18 bits per heavy atom. The molecule has 0 spiro atoms. The van der Waals surface area contributed by atoms with Gasteiger partial charge in [-0.15, -0.1) is 13.2 Å². The lowest BCUT2D eigenvalue weighted by Crippen LogP contribution is -2.36. The van der Waals surface area contributed by atoms with Gasteiger partial charge in [-0.2, -0.15) is 13.2 Å². The molecule has 3 aliphatic rings. The molecule has 0 N–H and O–H groups in total. The van der Waals surface area contributed by atoms with Crippen LogP contribution in [0.3, 0.4) is 0 Å². The molecule has 13 nitrogen and oxygen atoms in total. The van der Waals surface area contributed by atoms with E-state index in [1.807, 2.05) is 85.1 Å². The Kier molecular flexibility index (Phi) is 15.7. The van der Waals surface area contributed by atoms with Crippen LogP contribution in [0, 0.1) is 0 Å². The first-order valence-electron chi connectivity index (χ1n) is 24.4. The highest BCUT2D eigenvalue weighted by molar-refractivity contribution is 6.33. The topological polar surface area (TPSA) is 124 Å². The zero-order chi connectivity index (χ0) is 52.7. The number of hydrogen-bond donors (Lipinski definition) is 0. The largest absolute Gasteiger partial charge is 0.573 e. The van der Waals surface area contributed by atoms with Gasteiger partial charge in [-0.1, -0.05) is 72.3 Å². The molecule has 0 aliphatic carbocycles. The van der Waals surface area contributed by atoms with E-state index in [-0.39, 0.29) is 5.75 Å². The lowest BCUT2D eigenvalue weighted by molar-refractivity contribution is -0.274. The van der Waals surface area contributed by atoms with Crippen LogP contribution < -0.4 is 19.4 Å². The minimum absolute atomic E-state index is 0.249. The van der Waals surface area contributed by atoms with Crippen molar-refractivity contribution in [3.63, 3.8) is 0 Å². The van der Waals surface area contributed by atoms with E-state index in [1.54, 1.807) is 24.5 Å². The highest BCUT2D eigenvalue weighted by Crippen LogP contribution is 2.34. The fourth-order valence-electron chi connectivity index (χ4n) is 8.76. The number of rotatable bonds is 7. The van der Waals surface area contributed by atoms with Gasteiger partial charge in [0.1, 0.15) is 23.2 Å². The van der Waals surface area contributed by atoms with Crippen LogP contribution in [0.15, 0.2) is 146 Å². The minimum atomic E-state index is -4.70. The van der Waals surface area contributed by atoms with Gasteiger partial charge in [0.2, 0.25) is 0 Å². The molecule has 3 aliphatic heterocycles. The van der Waals surface area contributed by atoms with E-state index in [9.17, 15) is 26.3 Å². The number of ether oxygens (including phenoxy) is 4. The first kappa shape index (κ1) is 51.8. The van der Waals surface area contributed by atoms with Crippen LogP contribution in [-0.4, -0.2) is 115 Å². The number of benzene rings is 6. The Morgan fingerprint density at radius 2 is 0.789 bits per heavy atom. The van der Waals surface area contributed by atoms with Crippen LogP contribution in [0.25, 0.3) is 66.5 Å². The lowest BCUT2D eigenvalue weighted by atomic mass is 10.0. The van der Waals surface area contributed by atoms with Gasteiger partial charge >= 0.3 is 12.5 Å². The van der Waals surface area contributed by atoms with E-state index in [1.165, 1.54) is 24.3 Å². The van der Waals surface area contributed by atoms with Crippen LogP contribution in [-0.2, 0) is 20.4 Å². The quantitative estimate of drug-likeness (QED) is 0.141. The van der Waals surface area contributed by atoms with Crippen molar-refractivity contribution in [2.24, 2.45) is 0 Å². The molecule has 0 atom stereocenters. The van der Waals surface area contributed by atoms with E-state index in [2.05, 4.69) is 44.4 Å². The van der Waals surface area contributed by atoms with Gasteiger partial charge < -0.3 is 33.6 Å². The third kappa shape index (κ3) is 12.9. The Morgan fingerprint density at radius 1 is 0.421 bits per heavy atom. The number of morpholine rings is 3. The number of hydrogen-bond acceptors (Lipinski definition) is 13. The zero-order valence-corrected chi connectivity index (χ0v) is 41.4. The van der Waals surface area contributed by atoms with Gasteiger partial charge in [0.05, 0.1) is 96.9 Å². The monoisotopic (exact) mass is 1060 g/mol. The lowest BCUT2D eigenvalue weighted by Gasteiger charge is -2.27. The average molecular weight is 1060 g/mol. The van der Waals surface area contributed by atoms with Crippen molar-refractivity contribution in [2.75, 3.05) is 93.6 Å². The maximum atomic E-state index is 12.7. The summed E-state index contributed by atoms with van der Waals surface area (Å²) in [5, 5.41) is 0.740. The normalized spacial score (nSPS) is 15.2. The fraction of sp³-hybridized carbons (Fsp3) is 0.250. The molecule has 3 saturated heterocycles. The molecule has 9 aromatic rings. The first-order valence-corrected chi connectivity index (χ1v) is 24.7. The van der Waals surface area contributed by atoms with Crippen LogP contribution >= 0.6 is 11.6 Å². The maximum absolute atomic E-state index is 12.7. The molecule has 20 heteroatoms. The molecule has 390 valence electrons. The molecule has 3 aromatic heterocycles. The zero-order valence-electron chi connectivity index (χ0n) is 40.6. The summed E-state index contributed by atoms with van der Waals surface area (Å²) in [4.78, 5) is 34.0. The standard InChI is InChI=1S/C19H16F3N3O2.C19H16F3N3O.C18H16ClN3O/c20-19(21,22)27-15-4-1-13(2-5-15)14-3-6-16-17(11-14)24-18(12-23-16)25-7-9-26-10-8-25;20-19(21,22)15-4-1-13(2-5-15)14-3-6-16-17(11-14)24-18(12-23-16)25-7-9-26-10-8-25;19-15-4-2-1-3-14(15)13-5-6-16-17(11-13)21-18(12-20-16)22-7-9-23-10-8-22/h1-6,11-12H,7-10H2;1-6,11-12H,7-10H2;1-6,11-12H,7-10H2. The second-order valence-electron chi connectivity index (χ2n) is 17.7. The number of aromatic nitrogens is 6. The summed E-state index contributed by atoms with van der Waals surface area (Å²) in [5.74, 6) is 2.22. The third-order valence-electron chi connectivity index (χ3n) is 12.7. The van der Waals surface area contributed by atoms with Crippen LogP contribution in [0.4, 0.5) is 43.8 Å². The summed E-state index contributed by atoms with van der Waals surface area (Å²) in [6.07, 6.45) is -3.71. The summed E-state index contributed by atoms with van der Waals surface area (Å²) in [6, 6.07) is 35.9. The molecular weight excluding hydrogens is 1010 g/mol. The van der Waals surface area contributed by atoms with Crippen molar-refractivity contribution in [3.05, 3.63) is 157 Å². The predicted molar refractivity (Wildman–Crippen MR) is 281 cm³/mol. The predicted octanol–water partition coefficient (Wildman–Crippen LogP) is 12.0. The Hall–Kier alpha value is -7.71. The Labute approximate surface area is 437 Å². The second-order valence-corrected chi connectivity index (χ2v) is 18.1. The van der Waals surface area contributed by atoms with Crippen molar-refractivity contribution in [2.45, 2.75) is 12.5 Å². The van der Waals surface area contributed by atoms with Gasteiger partial charge in [0.15, 0.2) is 0 Å². The SMILES string of the molecule is Clc1ccccc1-c1ccc2ncc(N3CCOCC3)nc2c1.FC(F)(F)Oc1ccc(-c2ccc3ncc(N4CCOCC4)nc3c2)cc1.FC(F)(F)c1ccc(-c2ccc3ncc(N4CCOCC4)nc3c2)cc1. The van der Waals surface area contributed by atoms with E-state index in [0.29, 0.717) is 37.5 Å². The fourth-order valence-corrected chi connectivity index (χ4v) is 9.01. The molecule has 0 radical (unpaired) electrons. The Balaban J connectivity index is 0.000000130. The number of nitrogens with zero attached hydrogens (tertiary/aromatic N) is 9. The summed E-state index contributed by atoms with van der Waals surface area (Å²) < 4.78 is 95.0. The van der Waals surface area contributed by atoms with E-state index in [0.717, 1.165) is 142 Å². The first-order chi connectivity index (χ1) is 36.8. The van der Waals surface area contributed by atoms with Crippen LogP contribution in [0.2, 0.25) is 5.02 Å². The number of fused-ring (bicyclic) bond motifs is 3. The molecule has 6 heterocycles. The number of halogens is 7. The summed E-state index contributed by atoms with van der Waals surface area (Å²) in [6.45, 7) is 8.86. The van der Waals surface area contributed by atoms with Gasteiger partial charge in [0.25, 0.3) is 0 Å². The second kappa shape index (κ2) is 23.0. The molecule has 0 saturated carbocycles. The van der Waals surface area contributed by atoms with Crippen LogP contribution in [0.1, 0.15) is 5.56 Å². The number of anilines is 3. The summed E-state index contributed by atoms with van der Waals surface area (Å²) in [5.41, 5.74) is 9.24. The average Bonchev–Trinajstić information content (AvgIpc) is 3.45. The maximum Gasteiger partial charge on any atom is 0.573 e. The van der Waals surface area contributed by atoms with Crippen molar-refractivity contribution < 1.29 is 45.3 Å². The molecule has 3 fully saturated rings. The smallest absolute Gasteiger partial charge is 0.406 e. The molecule has 0 bridgehead atoms. The van der Waals surface area contributed by atoms with Gasteiger partial charge in [-0.25, -0.2) is 15.0 Å². The Bertz CT molecular complexity index is 3430. The van der Waals surface area contributed by atoms with Gasteiger partial charge in [0, 0.05) is 49.9 Å². The van der Waals surface area contributed by atoms with Gasteiger partial charge in [-0.3, -0.25) is 15.0 Å². The van der Waals surface area contributed by atoms with Crippen molar-refractivity contribution in [1.82, 2.24) is 29.9 Å². The van der Waals surface area contributed by atoms with Crippen molar-refractivity contribution >= 4 is 62.2 Å². The molecule has 6 aromatic carbocycles. The van der Waals surface area contributed by atoms with E-state index >= 15 is 0 Å². The highest BCUT2D eigenvalue weighted by Gasteiger charge is 2.31. The third-order valence-corrected chi connectivity index (χ3v) is 13.1. The van der Waals surface area contributed by atoms with Crippen molar-refractivity contribution in [1.29, 1.82) is 0 Å². The number of alkyl halides is 6. The molecule has 0 amide bonds. The molecule has 76 heavy (non-hydrogen) atoms. The van der Waals surface area contributed by atoms with E-state index < -0.39 is 18.1 Å². The van der Waals surface area contributed by atoms with Crippen molar-refractivity contribution in [3.8, 4) is 39.1 Å². The molecular formula is C56H48ClF6N9O4.